The van der Waals surface area contributed by atoms with Crippen molar-refractivity contribution in [2.75, 3.05) is 10.6 Å². The van der Waals surface area contributed by atoms with Gasteiger partial charge in [-0.1, -0.05) is 78.4 Å². The van der Waals surface area contributed by atoms with Crippen LogP contribution in [0.3, 0.4) is 0 Å². The molecule has 1 atom stereocenters. The standard InChI is InChI=1S/C33H27ClN4O3S2/c1-2-28(32(41)38-33-37-26-13-6-7-14-29(26)43-33)42-25-12-8-11-24(20-25)35-31(40)27(19-21-15-17-23(34)18-16-21)36-30(39)22-9-4-3-5-10-22/h3-20,28H,2H2,1H3,(H,35,40)(H,36,39)(H,37,38,41)/b27-19-. The van der Waals surface area contributed by atoms with Crippen LogP contribution in [-0.2, 0) is 9.59 Å². The van der Waals surface area contributed by atoms with Crippen molar-refractivity contribution in [3.05, 3.63) is 125 Å². The summed E-state index contributed by atoms with van der Waals surface area (Å²) < 4.78 is 1.01. The monoisotopic (exact) mass is 626 g/mol. The minimum absolute atomic E-state index is 0.0656. The van der Waals surface area contributed by atoms with Gasteiger partial charge in [0.25, 0.3) is 11.8 Å². The van der Waals surface area contributed by atoms with Crippen molar-refractivity contribution in [1.82, 2.24) is 10.3 Å². The number of nitrogens with zero attached hydrogens (tertiary/aromatic N) is 1. The fourth-order valence-electron chi connectivity index (χ4n) is 4.11. The Morgan fingerprint density at radius 2 is 1.65 bits per heavy atom. The molecule has 1 unspecified atom stereocenters. The first-order chi connectivity index (χ1) is 20.9. The van der Waals surface area contributed by atoms with Gasteiger partial charge in [-0.15, -0.1) is 11.8 Å². The Kier molecular flexibility index (Phi) is 9.88. The summed E-state index contributed by atoms with van der Waals surface area (Å²) in [6.45, 7) is 1.95. The highest BCUT2D eigenvalue weighted by molar-refractivity contribution is 8.00. The topological polar surface area (TPSA) is 100 Å². The molecule has 0 spiro atoms. The maximum absolute atomic E-state index is 13.4. The summed E-state index contributed by atoms with van der Waals surface area (Å²) >= 11 is 8.86. The van der Waals surface area contributed by atoms with Crippen LogP contribution in [0.4, 0.5) is 10.8 Å². The first-order valence-electron chi connectivity index (χ1n) is 13.5. The molecule has 216 valence electrons. The molecule has 10 heteroatoms. The molecule has 43 heavy (non-hydrogen) atoms. The van der Waals surface area contributed by atoms with Gasteiger partial charge in [0.1, 0.15) is 5.70 Å². The van der Waals surface area contributed by atoms with Crippen LogP contribution < -0.4 is 16.0 Å². The summed E-state index contributed by atoms with van der Waals surface area (Å²) in [5, 5.41) is 9.30. The van der Waals surface area contributed by atoms with Crippen LogP contribution in [0.1, 0.15) is 29.3 Å². The molecule has 0 aliphatic rings. The van der Waals surface area contributed by atoms with Gasteiger partial charge >= 0.3 is 0 Å². The number of benzene rings is 4. The Morgan fingerprint density at radius 3 is 2.40 bits per heavy atom. The maximum atomic E-state index is 13.4. The zero-order chi connectivity index (χ0) is 30.2. The van der Waals surface area contributed by atoms with E-state index in [1.165, 1.54) is 23.1 Å². The van der Waals surface area contributed by atoms with Crippen molar-refractivity contribution in [1.29, 1.82) is 0 Å². The normalized spacial score (nSPS) is 12.0. The number of carbonyl (C=O) groups is 3. The van der Waals surface area contributed by atoms with Gasteiger partial charge in [0.2, 0.25) is 5.91 Å². The van der Waals surface area contributed by atoms with Crippen molar-refractivity contribution in [2.45, 2.75) is 23.5 Å². The predicted octanol–water partition coefficient (Wildman–Crippen LogP) is 7.87. The summed E-state index contributed by atoms with van der Waals surface area (Å²) in [6.07, 6.45) is 2.18. The molecule has 4 aromatic carbocycles. The number of nitrogens with one attached hydrogen (secondary N) is 3. The molecule has 3 amide bonds. The largest absolute Gasteiger partial charge is 0.321 e. The lowest BCUT2D eigenvalue weighted by Crippen LogP contribution is -2.30. The van der Waals surface area contributed by atoms with Crippen LogP contribution >= 0.6 is 34.7 Å². The van der Waals surface area contributed by atoms with Crippen molar-refractivity contribution < 1.29 is 14.4 Å². The van der Waals surface area contributed by atoms with Crippen LogP contribution in [-0.4, -0.2) is 28.0 Å². The van der Waals surface area contributed by atoms with E-state index in [4.69, 9.17) is 11.6 Å². The van der Waals surface area contributed by atoms with Crippen molar-refractivity contribution >= 4 is 79.5 Å². The molecule has 5 rings (SSSR count). The molecule has 7 nitrogen and oxygen atoms in total. The van der Waals surface area contributed by atoms with E-state index in [0.717, 1.165) is 15.1 Å². The number of halogens is 1. The van der Waals surface area contributed by atoms with E-state index in [9.17, 15) is 14.4 Å². The number of thioether (sulfide) groups is 1. The van der Waals surface area contributed by atoms with Gasteiger partial charge in [0.15, 0.2) is 5.13 Å². The number of rotatable bonds is 10. The summed E-state index contributed by atoms with van der Waals surface area (Å²) in [6, 6.07) is 30.6. The lowest BCUT2D eigenvalue weighted by molar-refractivity contribution is -0.116. The summed E-state index contributed by atoms with van der Waals surface area (Å²) in [5.41, 5.74) is 2.54. The first kappa shape index (κ1) is 30.0. The van der Waals surface area contributed by atoms with E-state index in [2.05, 4.69) is 20.9 Å². The molecule has 0 aliphatic heterocycles. The lowest BCUT2D eigenvalue weighted by Gasteiger charge is -2.15. The third-order valence-corrected chi connectivity index (χ3v) is 8.83. The second-order valence-corrected chi connectivity index (χ2v) is 12.1. The van der Waals surface area contributed by atoms with Crippen molar-refractivity contribution in [2.24, 2.45) is 0 Å². The zero-order valence-corrected chi connectivity index (χ0v) is 25.4. The zero-order valence-electron chi connectivity index (χ0n) is 23.0. The number of anilines is 2. The molecule has 0 radical (unpaired) electrons. The summed E-state index contributed by atoms with van der Waals surface area (Å²) in [4.78, 5) is 44.7. The number of hydrogen-bond acceptors (Lipinski definition) is 6. The minimum atomic E-state index is -0.498. The SMILES string of the molecule is CCC(Sc1cccc(NC(=O)/C(=C/c2ccc(Cl)cc2)NC(=O)c2ccccc2)c1)C(=O)Nc1nc2ccccc2s1. The smallest absolute Gasteiger partial charge is 0.272 e. The fourth-order valence-corrected chi connectivity index (χ4v) is 6.12. The lowest BCUT2D eigenvalue weighted by atomic mass is 10.1. The summed E-state index contributed by atoms with van der Waals surface area (Å²) in [5.74, 6) is -1.05. The van der Waals surface area contributed by atoms with Crippen LogP contribution in [0.5, 0.6) is 0 Å². The highest BCUT2D eigenvalue weighted by atomic mass is 35.5. The molecule has 0 bridgehead atoms. The Labute approximate surface area is 262 Å². The Bertz CT molecular complexity index is 1760. The van der Waals surface area contributed by atoms with Gasteiger partial charge in [0.05, 0.1) is 15.5 Å². The Morgan fingerprint density at radius 1 is 0.907 bits per heavy atom. The quantitative estimate of drug-likeness (QED) is 0.108. The number of hydrogen-bond donors (Lipinski definition) is 3. The predicted molar refractivity (Wildman–Crippen MR) is 177 cm³/mol. The number of amides is 3. The number of para-hydroxylation sites is 1. The van der Waals surface area contributed by atoms with E-state index < -0.39 is 11.8 Å². The van der Waals surface area contributed by atoms with E-state index >= 15 is 0 Å². The highest BCUT2D eigenvalue weighted by Crippen LogP contribution is 2.30. The molecular weight excluding hydrogens is 600 g/mol. The second kappa shape index (κ2) is 14.2. The number of carbonyl (C=O) groups excluding carboxylic acids is 3. The van der Waals surface area contributed by atoms with Gasteiger partial charge in [0, 0.05) is 21.2 Å². The third kappa shape index (κ3) is 8.10. The average molecular weight is 627 g/mol. The van der Waals surface area contributed by atoms with E-state index in [1.807, 2.05) is 43.3 Å². The Hall–Kier alpha value is -4.44. The van der Waals surface area contributed by atoms with Crippen molar-refractivity contribution in [3.8, 4) is 0 Å². The molecule has 0 saturated heterocycles. The molecule has 5 aromatic rings. The van der Waals surface area contributed by atoms with Crippen LogP contribution in [0.2, 0.25) is 5.02 Å². The van der Waals surface area contributed by atoms with E-state index in [0.29, 0.717) is 33.4 Å². The fraction of sp³-hybridized carbons (Fsp3) is 0.0909. The number of aromatic nitrogens is 1. The summed E-state index contributed by atoms with van der Waals surface area (Å²) in [7, 11) is 0. The molecule has 1 aromatic heterocycles. The van der Waals surface area contributed by atoms with Crippen molar-refractivity contribution in [3.63, 3.8) is 0 Å². The number of thiazole rings is 1. The van der Waals surface area contributed by atoms with Crippen LogP contribution in [0.15, 0.2) is 114 Å². The highest BCUT2D eigenvalue weighted by Gasteiger charge is 2.20. The van der Waals surface area contributed by atoms with Crippen LogP contribution in [0, 0.1) is 0 Å². The van der Waals surface area contributed by atoms with Gasteiger partial charge in [-0.2, -0.15) is 0 Å². The second-order valence-electron chi connectivity index (χ2n) is 9.40. The van der Waals surface area contributed by atoms with Gasteiger partial charge in [-0.05, 0) is 72.7 Å². The molecule has 3 N–H and O–H groups in total. The average Bonchev–Trinajstić information content (AvgIpc) is 3.43. The van der Waals surface area contributed by atoms with Gasteiger partial charge < -0.3 is 16.0 Å². The minimum Gasteiger partial charge on any atom is -0.321 e. The molecule has 1 heterocycles. The first-order valence-corrected chi connectivity index (χ1v) is 15.5. The Balaban J connectivity index is 1.29. The molecular formula is C33H27ClN4O3S2. The number of fused-ring (bicyclic) bond motifs is 1. The molecule has 0 aliphatic carbocycles. The molecule has 0 fully saturated rings. The van der Waals surface area contributed by atoms with E-state index in [1.54, 1.807) is 72.8 Å². The van der Waals surface area contributed by atoms with Crippen LogP contribution in [0.25, 0.3) is 16.3 Å². The van der Waals surface area contributed by atoms with Gasteiger partial charge in [-0.3, -0.25) is 14.4 Å². The van der Waals surface area contributed by atoms with E-state index in [-0.39, 0.29) is 16.9 Å². The third-order valence-electron chi connectivity index (χ3n) is 6.27. The molecule has 0 saturated carbocycles. The maximum Gasteiger partial charge on any atom is 0.272 e. The van der Waals surface area contributed by atoms with Gasteiger partial charge in [-0.25, -0.2) is 4.98 Å².